The van der Waals surface area contributed by atoms with E-state index in [0.717, 1.165) is 13.0 Å². The monoisotopic (exact) mass is 286 g/mol. The molecule has 2 rings (SSSR count). The van der Waals surface area contributed by atoms with Crippen LogP contribution in [0.3, 0.4) is 0 Å². The van der Waals surface area contributed by atoms with E-state index in [1.807, 2.05) is 25.1 Å². The maximum Gasteiger partial charge on any atom is 0.323 e. The molecule has 0 spiro atoms. The van der Waals surface area contributed by atoms with Crippen molar-refractivity contribution in [3.8, 4) is 6.07 Å². The fraction of sp³-hybridized carbons (Fsp3) is 0.529. The summed E-state index contributed by atoms with van der Waals surface area (Å²) in [5.41, 5.74) is 1.18. The minimum Gasteiger partial charge on any atom is -0.465 e. The van der Waals surface area contributed by atoms with Crippen molar-refractivity contribution < 1.29 is 9.53 Å². The average molecular weight is 286 g/mol. The Balaban J connectivity index is 2.20. The van der Waals surface area contributed by atoms with E-state index in [1.165, 1.54) is 5.56 Å². The van der Waals surface area contributed by atoms with Crippen LogP contribution in [0.25, 0.3) is 0 Å². The zero-order valence-electron chi connectivity index (χ0n) is 12.7. The summed E-state index contributed by atoms with van der Waals surface area (Å²) in [5, 5.41) is 8.98. The number of hydrogen-bond acceptors (Lipinski definition) is 4. The Bertz CT molecular complexity index is 509. The van der Waals surface area contributed by atoms with Gasteiger partial charge < -0.3 is 4.74 Å². The summed E-state index contributed by atoms with van der Waals surface area (Å²) in [5.74, 6) is -0.127. The molecule has 1 heterocycles. The molecule has 1 aliphatic rings. The fourth-order valence-electron chi connectivity index (χ4n) is 3.13. The minimum absolute atomic E-state index is 0.0696. The Kier molecular flexibility index (Phi) is 5.35. The summed E-state index contributed by atoms with van der Waals surface area (Å²) < 4.78 is 5.23. The predicted octanol–water partition coefficient (Wildman–Crippen LogP) is 2.91. The molecule has 3 atom stereocenters. The molecule has 4 nitrogen and oxygen atoms in total. The van der Waals surface area contributed by atoms with Crippen molar-refractivity contribution in [2.75, 3.05) is 13.2 Å². The van der Waals surface area contributed by atoms with Crippen molar-refractivity contribution in [2.45, 2.75) is 38.8 Å². The molecule has 112 valence electrons. The topological polar surface area (TPSA) is 53.3 Å². The van der Waals surface area contributed by atoms with Crippen molar-refractivity contribution in [3.05, 3.63) is 35.9 Å². The van der Waals surface area contributed by atoms with Crippen LogP contribution < -0.4 is 0 Å². The molecule has 21 heavy (non-hydrogen) atoms. The van der Waals surface area contributed by atoms with Gasteiger partial charge in [0.25, 0.3) is 0 Å². The molecule has 0 saturated carbocycles. The summed E-state index contributed by atoms with van der Waals surface area (Å²) in [7, 11) is 0. The predicted molar refractivity (Wildman–Crippen MR) is 80.3 cm³/mol. The zero-order valence-corrected chi connectivity index (χ0v) is 12.7. The van der Waals surface area contributed by atoms with Crippen LogP contribution in [-0.2, 0) is 9.53 Å². The van der Waals surface area contributed by atoms with Crippen molar-refractivity contribution in [2.24, 2.45) is 5.92 Å². The highest BCUT2D eigenvalue weighted by molar-refractivity contribution is 5.76. The summed E-state index contributed by atoms with van der Waals surface area (Å²) in [6.07, 6.45) is 1.27. The molecule has 0 bridgehead atoms. The number of hydrogen-bond donors (Lipinski definition) is 0. The standard InChI is InChI=1S/C17H22N2O2/c1-3-21-17(20)16-15(9-11-18)10-12-19(16)13(2)14-7-5-4-6-8-14/h4-8,13,15-16H,3,9-10,12H2,1-2H3/t13-,15+,16-/m0/s1. The highest BCUT2D eigenvalue weighted by Crippen LogP contribution is 2.34. The highest BCUT2D eigenvalue weighted by atomic mass is 16.5. The van der Waals surface area contributed by atoms with Gasteiger partial charge in [0.2, 0.25) is 0 Å². The van der Waals surface area contributed by atoms with E-state index in [9.17, 15) is 4.79 Å². The van der Waals surface area contributed by atoms with Crippen LogP contribution in [0, 0.1) is 17.2 Å². The second kappa shape index (κ2) is 7.24. The van der Waals surface area contributed by atoms with Gasteiger partial charge in [0.05, 0.1) is 12.7 Å². The molecular weight excluding hydrogens is 264 g/mol. The summed E-state index contributed by atoms with van der Waals surface area (Å²) in [6, 6.07) is 12.2. The van der Waals surface area contributed by atoms with Gasteiger partial charge in [-0.15, -0.1) is 0 Å². The van der Waals surface area contributed by atoms with E-state index in [-0.39, 0.29) is 24.0 Å². The Morgan fingerprint density at radius 1 is 1.48 bits per heavy atom. The molecular formula is C17H22N2O2. The lowest BCUT2D eigenvalue weighted by molar-refractivity contribution is -0.150. The number of nitriles is 1. The first-order valence-corrected chi connectivity index (χ1v) is 7.53. The van der Waals surface area contributed by atoms with E-state index in [1.54, 1.807) is 0 Å². The third-order valence-electron chi connectivity index (χ3n) is 4.22. The number of ether oxygens (including phenoxy) is 1. The van der Waals surface area contributed by atoms with Crippen LogP contribution in [-0.4, -0.2) is 30.1 Å². The van der Waals surface area contributed by atoms with E-state index in [2.05, 4.69) is 30.0 Å². The van der Waals surface area contributed by atoms with Gasteiger partial charge in [-0.1, -0.05) is 30.3 Å². The van der Waals surface area contributed by atoms with Gasteiger partial charge in [-0.05, 0) is 38.3 Å². The van der Waals surface area contributed by atoms with E-state index in [0.29, 0.717) is 13.0 Å². The van der Waals surface area contributed by atoms with Gasteiger partial charge >= 0.3 is 5.97 Å². The molecule has 0 aliphatic carbocycles. The third-order valence-corrected chi connectivity index (χ3v) is 4.22. The van der Waals surface area contributed by atoms with Gasteiger partial charge in [0.15, 0.2) is 0 Å². The molecule has 1 saturated heterocycles. The van der Waals surface area contributed by atoms with Crippen LogP contribution in [0.1, 0.15) is 38.3 Å². The Morgan fingerprint density at radius 2 is 2.19 bits per heavy atom. The smallest absolute Gasteiger partial charge is 0.323 e. The van der Waals surface area contributed by atoms with Crippen LogP contribution in [0.2, 0.25) is 0 Å². The number of carbonyl (C=O) groups is 1. The lowest BCUT2D eigenvalue weighted by Crippen LogP contribution is -2.42. The Hall–Kier alpha value is -1.86. The largest absolute Gasteiger partial charge is 0.465 e. The normalized spacial score (nSPS) is 23.5. The molecule has 0 unspecified atom stereocenters. The first kappa shape index (κ1) is 15.5. The molecule has 1 aromatic carbocycles. The fourth-order valence-corrected chi connectivity index (χ4v) is 3.13. The molecule has 1 aliphatic heterocycles. The van der Waals surface area contributed by atoms with Gasteiger partial charge in [-0.3, -0.25) is 9.69 Å². The molecule has 0 amide bonds. The first-order chi connectivity index (χ1) is 10.2. The Morgan fingerprint density at radius 3 is 2.81 bits per heavy atom. The number of benzene rings is 1. The number of rotatable bonds is 5. The van der Waals surface area contributed by atoms with Gasteiger partial charge in [-0.25, -0.2) is 0 Å². The van der Waals surface area contributed by atoms with Gasteiger partial charge in [0.1, 0.15) is 6.04 Å². The third kappa shape index (κ3) is 3.43. The molecule has 4 heteroatoms. The molecule has 0 N–H and O–H groups in total. The highest BCUT2D eigenvalue weighted by Gasteiger charge is 2.42. The zero-order chi connectivity index (χ0) is 15.2. The molecule has 1 aromatic rings. The molecule has 0 radical (unpaired) electrons. The van der Waals surface area contributed by atoms with E-state index in [4.69, 9.17) is 10.00 Å². The summed E-state index contributed by atoms with van der Waals surface area (Å²) >= 11 is 0. The quantitative estimate of drug-likeness (QED) is 0.781. The molecule has 0 aromatic heterocycles. The number of nitrogens with zero attached hydrogens (tertiary/aromatic N) is 2. The lowest BCUT2D eigenvalue weighted by Gasteiger charge is -2.31. The lowest BCUT2D eigenvalue weighted by atomic mass is 9.96. The van der Waals surface area contributed by atoms with Gasteiger partial charge in [-0.2, -0.15) is 5.26 Å². The number of esters is 1. The van der Waals surface area contributed by atoms with Crippen molar-refractivity contribution in [3.63, 3.8) is 0 Å². The van der Waals surface area contributed by atoms with Crippen LogP contribution in [0.15, 0.2) is 30.3 Å². The minimum atomic E-state index is -0.306. The van der Waals surface area contributed by atoms with Crippen LogP contribution in [0.4, 0.5) is 0 Å². The second-order valence-electron chi connectivity index (χ2n) is 5.43. The maximum absolute atomic E-state index is 12.3. The summed E-state index contributed by atoms with van der Waals surface area (Å²) in [4.78, 5) is 14.5. The number of likely N-dealkylation sites (tertiary alicyclic amines) is 1. The van der Waals surface area contributed by atoms with Crippen molar-refractivity contribution in [1.82, 2.24) is 4.90 Å². The van der Waals surface area contributed by atoms with E-state index < -0.39 is 0 Å². The SMILES string of the molecule is CCOC(=O)[C@@H]1[C@H](CC#N)CCN1[C@@H](C)c1ccccc1. The van der Waals surface area contributed by atoms with Crippen molar-refractivity contribution >= 4 is 5.97 Å². The van der Waals surface area contributed by atoms with E-state index >= 15 is 0 Å². The Labute approximate surface area is 126 Å². The summed E-state index contributed by atoms with van der Waals surface area (Å²) in [6.45, 7) is 5.13. The molecule has 1 fully saturated rings. The van der Waals surface area contributed by atoms with Crippen LogP contribution in [0.5, 0.6) is 0 Å². The van der Waals surface area contributed by atoms with Crippen LogP contribution >= 0.6 is 0 Å². The average Bonchev–Trinajstić information content (AvgIpc) is 2.92. The van der Waals surface area contributed by atoms with Gasteiger partial charge in [0, 0.05) is 12.5 Å². The number of carbonyl (C=O) groups excluding carboxylic acids is 1. The first-order valence-electron chi connectivity index (χ1n) is 7.53. The maximum atomic E-state index is 12.3. The van der Waals surface area contributed by atoms with Crippen molar-refractivity contribution in [1.29, 1.82) is 5.26 Å². The second-order valence-corrected chi connectivity index (χ2v) is 5.43.